The number of hydrogen-bond acceptors (Lipinski definition) is 3. The lowest BCUT2D eigenvalue weighted by atomic mass is 10.1. The number of nitrogens with zero attached hydrogens (tertiary/aromatic N) is 1. The van der Waals surface area contributed by atoms with Gasteiger partial charge in [0.25, 0.3) is 5.91 Å². The number of benzene rings is 2. The predicted molar refractivity (Wildman–Crippen MR) is 88.1 cm³/mol. The Kier molecular flexibility index (Phi) is 4.17. The van der Waals surface area contributed by atoms with Crippen molar-refractivity contribution in [1.29, 1.82) is 0 Å². The van der Waals surface area contributed by atoms with Crippen molar-refractivity contribution in [3.63, 3.8) is 0 Å². The van der Waals surface area contributed by atoms with E-state index >= 15 is 0 Å². The fourth-order valence-corrected chi connectivity index (χ4v) is 2.27. The average Bonchev–Trinajstić information content (AvgIpc) is 2.39. The number of anilines is 3. The molecule has 0 heterocycles. The van der Waals surface area contributed by atoms with Crippen molar-refractivity contribution in [2.45, 2.75) is 13.8 Å². The summed E-state index contributed by atoms with van der Waals surface area (Å²) in [5.74, 6) is -0.0559. The summed E-state index contributed by atoms with van der Waals surface area (Å²) >= 11 is 0. The second-order valence-corrected chi connectivity index (χ2v) is 5.50. The molecule has 0 spiro atoms. The minimum absolute atomic E-state index is 0.0559. The molecule has 3 N–H and O–H groups in total. The summed E-state index contributed by atoms with van der Waals surface area (Å²) in [4.78, 5) is 13.4. The topological polar surface area (TPSA) is 58.4 Å². The van der Waals surface area contributed by atoms with Gasteiger partial charge in [-0.1, -0.05) is 6.07 Å². The molecule has 0 aliphatic heterocycles. The fraction of sp³-hybridized carbons (Fsp3) is 0.235. The third-order valence-electron chi connectivity index (χ3n) is 3.21. The van der Waals surface area contributed by atoms with Crippen LogP contribution < -0.4 is 11.1 Å². The molecule has 0 aliphatic rings. The third kappa shape index (κ3) is 3.54. The zero-order valence-corrected chi connectivity index (χ0v) is 12.9. The van der Waals surface area contributed by atoms with E-state index in [-0.39, 0.29) is 5.91 Å². The molecule has 0 aromatic heterocycles. The number of nitrogen functional groups attached to an aromatic ring is 1. The van der Waals surface area contributed by atoms with Crippen LogP contribution >= 0.6 is 0 Å². The molecule has 1 amide bonds. The molecule has 0 radical (unpaired) electrons. The number of aryl methyl sites for hydroxylation is 2. The standard InChI is InChI=1S/C17H21N3O/c1-11-7-12(2)9-14(8-11)19-16-6-5-13(10-15(16)18)17(21)20(3)4/h5-10,19H,18H2,1-4H3. The van der Waals surface area contributed by atoms with Crippen molar-refractivity contribution in [2.75, 3.05) is 25.1 Å². The first-order valence-corrected chi connectivity index (χ1v) is 6.83. The molecular weight excluding hydrogens is 262 g/mol. The van der Waals surface area contributed by atoms with Crippen LogP contribution in [-0.4, -0.2) is 24.9 Å². The maximum atomic E-state index is 11.9. The molecule has 21 heavy (non-hydrogen) atoms. The number of nitrogens with two attached hydrogens (primary N) is 1. The average molecular weight is 283 g/mol. The van der Waals surface area contributed by atoms with Gasteiger partial charge >= 0.3 is 0 Å². The number of amides is 1. The molecule has 2 rings (SSSR count). The zero-order chi connectivity index (χ0) is 15.6. The summed E-state index contributed by atoms with van der Waals surface area (Å²) in [6.07, 6.45) is 0. The van der Waals surface area contributed by atoms with Crippen molar-refractivity contribution in [1.82, 2.24) is 4.90 Å². The summed E-state index contributed by atoms with van der Waals surface area (Å²) in [6, 6.07) is 11.6. The van der Waals surface area contributed by atoms with E-state index in [0.29, 0.717) is 11.3 Å². The highest BCUT2D eigenvalue weighted by atomic mass is 16.2. The summed E-state index contributed by atoms with van der Waals surface area (Å²) in [5, 5.41) is 3.30. The quantitative estimate of drug-likeness (QED) is 0.849. The molecule has 0 aliphatic carbocycles. The lowest BCUT2D eigenvalue weighted by molar-refractivity contribution is 0.0827. The van der Waals surface area contributed by atoms with E-state index in [0.717, 1.165) is 11.4 Å². The Hall–Kier alpha value is -2.49. The van der Waals surface area contributed by atoms with Crippen LogP contribution in [0.2, 0.25) is 0 Å². The van der Waals surface area contributed by atoms with Gasteiger partial charge in [-0.15, -0.1) is 0 Å². The van der Waals surface area contributed by atoms with Gasteiger partial charge in [-0.2, -0.15) is 0 Å². The molecule has 0 atom stereocenters. The second-order valence-electron chi connectivity index (χ2n) is 5.50. The van der Waals surface area contributed by atoms with Gasteiger partial charge in [0.2, 0.25) is 0 Å². The molecule has 0 fully saturated rings. The van der Waals surface area contributed by atoms with Crippen molar-refractivity contribution < 1.29 is 4.79 Å². The number of carbonyl (C=O) groups excluding carboxylic acids is 1. The predicted octanol–water partition coefficient (Wildman–Crippen LogP) is 3.33. The van der Waals surface area contributed by atoms with E-state index < -0.39 is 0 Å². The normalized spacial score (nSPS) is 10.3. The van der Waals surface area contributed by atoms with Gasteiger partial charge in [0.1, 0.15) is 0 Å². The van der Waals surface area contributed by atoms with E-state index in [2.05, 4.69) is 37.4 Å². The summed E-state index contributed by atoms with van der Waals surface area (Å²) < 4.78 is 0. The summed E-state index contributed by atoms with van der Waals surface area (Å²) in [7, 11) is 3.44. The Morgan fingerprint density at radius 3 is 2.19 bits per heavy atom. The molecule has 2 aromatic rings. The van der Waals surface area contributed by atoms with Gasteiger partial charge in [-0.05, 0) is 55.3 Å². The molecule has 0 saturated carbocycles. The Labute approximate surface area is 125 Å². The monoisotopic (exact) mass is 283 g/mol. The van der Waals surface area contributed by atoms with Crippen LogP contribution in [0.5, 0.6) is 0 Å². The minimum Gasteiger partial charge on any atom is -0.397 e. The van der Waals surface area contributed by atoms with Crippen molar-refractivity contribution >= 4 is 23.0 Å². The first-order chi connectivity index (χ1) is 9.86. The maximum absolute atomic E-state index is 11.9. The van der Waals surface area contributed by atoms with Crippen LogP contribution in [0.4, 0.5) is 17.1 Å². The van der Waals surface area contributed by atoms with E-state index in [1.165, 1.54) is 16.0 Å². The highest BCUT2D eigenvalue weighted by Crippen LogP contribution is 2.25. The van der Waals surface area contributed by atoms with Gasteiger partial charge in [0, 0.05) is 25.3 Å². The summed E-state index contributed by atoms with van der Waals surface area (Å²) in [5.41, 5.74) is 11.4. The highest BCUT2D eigenvalue weighted by molar-refractivity contribution is 5.96. The fourth-order valence-electron chi connectivity index (χ4n) is 2.27. The van der Waals surface area contributed by atoms with Crippen LogP contribution in [0.1, 0.15) is 21.5 Å². The molecule has 4 heteroatoms. The number of rotatable bonds is 3. The summed E-state index contributed by atoms with van der Waals surface area (Å²) in [6.45, 7) is 4.11. The number of hydrogen-bond donors (Lipinski definition) is 2. The van der Waals surface area contributed by atoms with E-state index in [9.17, 15) is 4.79 Å². The van der Waals surface area contributed by atoms with Crippen LogP contribution in [0, 0.1) is 13.8 Å². The molecule has 0 bridgehead atoms. The van der Waals surface area contributed by atoms with E-state index in [1.54, 1.807) is 26.2 Å². The zero-order valence-electron chi connectivity index (χ0n) is 12.9. The smallest absolute Gasteiger partial charge is 0.253 e. The molecule has 2 aromatic carbocycles. The first kappa shape index (κ1) is 14.9. The molecule has 0 saturated heterocycles. The van der Waals surface area contributed by atoms with Gasteiger partial charge in [-0.25, -0.2) is 0 Å². The second kappa shape index (κ2) is 5.87. The molecular formula is C17H21N3O. The molecule has 0 unspecified atom stereocenters. The first-order valence-electron chi connectivity index (χ1n) is 6.83. The van der Waals surface area contributed by atoms with Crippen molar-refractivity contribution in [3.05, 3.63) is 53.1 Å². The Morgan fingerprint density at radius 1 is 1.05 bits per heavy atom. The maximum Gasteiger partial charge on any atom is 0.253 e. The van der Waals surface area contributed by atoms with E-state index in [4.69, 9.17) is 5.73 Å². The van der Waals surface area contributed by atoms with Crippen molar-refractivity contribution in [2.24, 2.45) is 0 Å². The Balaban J connectivity index is 2.27. The van der Waals surface area contributed by atoms with Gasteiger partial charge in [0.05, 0.1) is 11.4 Å². The SMILES string of the molecule is Cc1cc(C)cc(Nc2ccc(C(=O)N(C)C)cc2N)c1. The lowest BCUT2D eigenvalue weighted by Gasteiger charge is -2.14. The highest BCUT2D eigenvalue weighted by Gasteiger charge is 2.10. The largest absolute Gasteiger partial charge is 0.397 e. The third-order valence-corrected chi connectivity index (χ3v) is 3.21. The van der Waals surface area contributed by atoms with E-state index in [1.807, 2.05) is 6.07 Å². The molecule has 4 nitrogen and oxygen atoms in total. The van der Waals surface area contributed by atoms with Gasteiger partial charge < -0.3 is 16.0 Å². The minimum atomic E-state index is -0.0559. The Bertz CT molecular complexity index is 657. The van der Waals surface area contributed by atoms with Gasteiger partial charge in [-0.3, -0.25) is 4.79 Å². The van der Waals surface area contributed by atoms with Crippen LogP contribution in [0.15, 0.2) is 36.4 Å². The number of carbonyl (C=O) groups is 1. The van der Waals surface area contributed by atoms with Crippen LogP contribution in [0.25, 0.3) is 0 Å². The Morgan fingerprint density at radius 2 is 1.67 bits per heavy atom. The lowest BCUT2D eigenvalue weighted by Crippen LogP contribution is -2.21. The van der Waals surface area contributed by atoms with Crippen molar-refractivity contribution in [3.8, 4) is 0 Å². The van der Waals surface area contributed by atoms with Crippen LogP contribution in [-0.2, 0) is 0 Å². The molecule has 110 valence electrons. The van der Waals surface area contributed by atoms with Gasteiger partial charge in [0.15, 0.2) is 0 Å². The van der Waals surface area contributed by atoms with Crippen LogP contribution in [0.3, 0.4) is 0 Å². The number of nitrogens with one attached hydrogen (secondary N) is 1.